The van der Waals surface area contributed by atoms with Crippen molar-refractivity contribution in [3.8, 4) is 16.9 Å². The molecule has 0 saturated carbocycles. The van der Waals surface area contributed by atoms with Gasteiger partial charge in [0, 0.05) is 18.3 Å². The summed E-state index contributed by atoms with van der Waals surface area (Å²) >= 11 is 0. The van der Waals surface area contributed by atoms with E-state index in [1.54, 1.807) is 13.3 Å². The van der Waals surface area contributed by atoms with E-state index >= 15 is 0 Å². The number of hydrogen-bond donors (Lipinski definition) is 2. The van der Waals surface area contributed by atoms with Gasteiger partial charge in [-0.3, -0.25) is 9.89 Å². The lowest BCUT2D eigenvalue weighted by molar-refractivity contribution is -0.120. The number of aromatic amines is 1. The third-order valence-corrected chi connectivity index (χ3v) is 3.77. The first-order valence-corrected chi connectivity index (χ1v) is 7.72. The SMILES string of the molecule is COc1cccc(CNC(=O)Cc2ccc(-c3cn[nH]c3)cc2)c1. The molecular formula is C19H19N3O2. The summed E-state index contributed by atoms with van der Waals surface area (Å²) in [5.74, 6) is 0.783. The molecule has 1 aromatic heterocycles. The van der Waals surface area contributed by atoms with Crippen LogP contribution in [0.25, 0.3) is 11.1 Å². The van der Waals surface area contributed by atoms with Crippen molar-refractivity contribution in [1.29, 1.82) is 0 Å². The smallest absolute Gasteiger partial charge is 0.224 e. The average molecular weight is 321 g/mol. The fourth-order valence-electron chi connectivity index (χ4n) is 2.45. The first kappa shape index (κ1) is 15.8. The molecule has 3 rings (SSSR count). The Morgan fingerprint density at radius 1 is 1.12 bits per heavy atom. The van der Waals surface area contributed by atoms with Crippen LogP contribution in [0.15, 0.2) is 60.9 Å². The van der Waals surface area contributed by atoms with E-state index in [-0.39, 0.29) is 5.91 Å². The third-order valence-electron chi connectivity index (χ3n) is 3.77. The zero-order valence-electron chi connectivity index (χ0n) is 13.5. The highest BCUT2D eigenvalue weighted by Crippen LogP contribution is 2.18. The van der Waals surface area contributed by atoms with Gasteiger partial charge in [0.1, 0.15) is 5.75 Å². The van der Waals surface area contributed by atoms with Gasteiger partial charge < -0.3 is 10.1 Å². The van der Waals surface area contributed by atoms with Gasteiger partial charge in [-0.2, -0.15) is 5.10 Å². The second kappa shape index (κ2) is 7.46. The molecule has 0 unspecified atom stereocenters. The number of nitrogens with one attached hydrogen (secondary N) is 2. The predicted octanol–water partition coefficient (Wildman–Crippen LogP) is 2.94. The quantitative estimate of drug-likeness (QED) is 0.733. The maximum absolute atomic E-state index is 12.1. The molecule has 5 heteroatoms. The molecule has 3 aromatic rings. The highest BCUT2D eigenvalue weighted by Gasteiger charge is 2.05. The molecule has 2 N–H and O–H groups in total. The number of amides is 1. The molecule has 0 saturated heterocycles. The molecule has 122 valence electrons. The maximum atomic E-state index is 12.1. The number of methoxy groups -OCH3 is 1. The molecule has 0 radical (unpaired) electrons. The Labute approximate surface area is 140 Å². The lowest BCUT2D eigenvalue weighted by atomic mass is 10.1. The number of nitrogens with zero attached hydrogens (tertiary/aromatic N) is 1. The van der Waals surface area contributed by atoms with E-state index in [0.29, 0.717) is 13.0 Å². The molecule has 0 fully saturated rings. The van der Waals surface area contributed by atoms with E-state index in [0.717, 1.165) is 28.0 Å². The van der Waals surface area contributed by atoms with Crippen LogP contribution in [0.3, 0.4) is 0 Å². The maximum Gasteiger partial charge on any atom is 0.224 e. The number of hydrogen-bond acceptors (Lipinski definition) is 3. The van der Waals surface area contributed by atoms with Crippen molar-refractivity contribution in [2.24, 2.45) is 0 Å². The van der Waals surface area contributed by atoms with E-state index in [4.69, 9.17) is 4.74 Å². The van der Waals surface area contributed by atoms with Gasteiger partial charge in [-0.1, -0.05) is 36.4 Å². The van der Waals surface area contributed by atoms with Crippen LogP contribution in [0.4, 0.5) is 0 Å². The topological polar surface area (TPSA) is 67.0 Å². The number of carbonyl (C=O) groups is 1. The largest absolute Gasteiger partial charge is 0.497 e. The van der Waals surface area contributed by atoms with Gasteiger partial charge in [0.05, 0.1) is 19.7 Å². The zero-order valence-corrected chi connectivity index (χ0v) is 13.5. The fourth-order valence-corrected chi connectivity index (χ4v) is 2.45. The van der Waals surface area contributed by atoms with Crippen molar-refractivity contribution in [3.63, 3.8) is 0 Å². The molecule has 0 spiro atoms. The molecule has 0 aliphatic heterocycles. The van der Waals surface area contributed by atoms with Crippen molar-refractivity contribution in [2.45, 2.75) is 13.0 Å². The molecule has 5 nitrogen and oxygen atoms in total. The fraction of sp³-hybridized carbons (Fsp3) is 0.158. The zero-order chi connectivity index (χ0) is 16.8. The van der Waals surface area contributed by atoms with Gasteiger partial charge in [-0.05, 0) is 28.8 Å². The summed E-state index contributed by atoms with van der Waals surface area (Å²) in [4.78, 5) is 12.1. The summed E-state index contributed by atoms with van der Waals surface area (Å²) in [6, 6.07) is 15.6. The molecule has 0 bridgehead atoms. The van der Waals surface area contributed by atoms with Gasteiger partial charge in [0.2, 0.25) is 5.91 Å². The second-order valence-corrected chi connectivity index (χ2v) is 5.49. The normalized spacial score (nSPS) is 10.4. The van der Waals surface area contributed by atoms with E-state index in [9.17, 15) is 4.79 Å². The van der Waals surface area contributed by atoms with Crippen LogP contribution in [0.5, 0.6) is 5.75 Å². The van der Waals surface area contributed by atoms with Gasteiger partial charge in [-0.15, -0.1) is 0 Å². The lowest BCUT2D eigenvalue weighted by Crippen LogP contribution is -2.24. The van der Waals surface area contributed by atoms with Crippen LogP contribution in [0.2, 0.25) is 0 Å². The van der Waals surface area contributed by atoms with Crippen LogP contribution in [-0.4, -0.2) is 23.2 Å². The highest BCUT2D eigenvalue weighted by molar-refractivity contribution is 5.78. The molecule has 0 aliphatic rings. The first-order chi connectivity index (χ1) is 11.7. The molecule has 0 aliphatic carbocycles. The van der Waals surface area contributed by atoms with E-state index < -0.39 is 0 Å². The van der Waals surface area contributed by atoms with Crippen LogP contribution in [-0.2, 0) is 17.8 Å². The Morgan fingerprint density at radius 3 is 2.67 bits per heavy atom. The number of carbonyl (C=O) groups excluding carboxylic acids is 1. The predicted molar refractivity (Wildman–Crippen MR) is 92.6 cm³/mol. The van der Waals surface area contributed by atoms with E-state index in [2.05, 4.69) is 15.5 Å². The molecule has 0 atom stereocenters. The Balaban J connectivity index is 1.54. The van der Waals surface area contributed by atoms with E-state index in [1.807, 2.05) is 54.7 Å². The van der Waals surface area contributed by atoms with Crippen molar-refractivity contribution in [1.82, 2.24) is 15.5 Å². The van der Waals surface area contributed by atoms with E-state index in [1.165, 1.54) is 0 Å². The molecular weight excluding hydrogens is 302 g/mol. The summed E-state index contributed by atoms with van der Waals surface area (Å²) in [7, 11) is 1.63. The average Bonchev–Trinajstić information content (AvgIpc) is 3.15. The highest BCUT2D eigenvalue weighted by atomic mass is 16.5. The Morgan fingerprint density at radius 2 is 1.96 bits per heavy atom. The van der Waals surface area contributed by atoms with Crippen molar-refractivity contribution < 1.29 is 9.53 Å². The Hall–Kier alpha value is -3.08. The summed E-state index contributed by atoms with van der Waals surface area (Å²) in [5, 5.41) is 9.66. The summed E-state index contributed by atoms with van der Waals surface area (Å²) in [6.45, 7) is 0.489. The molecule has 1 amide bonds. The van der Waals surface area contributed by atoms with Crippen molar-refractivity contribution in [2.75, 3.05) is 7.11 Å². The standard InChI is InChI=1S/C19H19N3O2/c1-24-18-4-2-3-15(9-18)11-20-19(23)10-14-5-7-16(8-6-14)17-12-21-22-13-17/h2-9,12-13H,10-11H2,1H3,(H,20,23)(H,21,22). The van der Waals surface area contributed by atoms with Gasteiger partial charge >= 0.3 is 0 Å². The third kappa shape index (κ3) is 4.01. The number of aromatic nitrogens is 2. The number of H-pyrrole nitrogens is 1. The van der Waals surface area contributed by atoms with Crippen molar-refractivity contribution >= 4 is 5.91 Å². The van der Waals surface area contributed by atoms with Crippen LogP contribution >= 0.6 is 0 Å². The minimum absolute atomic E-state index is 0.00567. The van der Waals surface area contributed by atoms with Crippen LogP contribution in [0.1, 0.15) is 11.1 Å². The molecule has 2 aromatic carbocycles. The minimum Gasteiger partial charge on any atom is -0.497 e. The Bertz CT molecular complexity index is 796. The summed E-state index contributed by atoms with van der Waals surface area (Å²) < 4.78 is 5.18. The summed E-state index contributed by atoms with van der Waals surface area (Å²) in [6.07, 6.45) is 3.97. The lowest BCUT2D eigenvalue weighted by Gasteiger charge is -2.07. The van der Waals surface area contributed by atoms with Gasteiger partial charge in [0.25, 0.3) is 0 Å². The molecule has 24 heavy (non-hydrogen) atoms. The number of benzene rings is 2. The summed E-state index contributed by atoms with van der Waals surface area (Å²) in [5.41, 5.74) is 4.09. The minimum atomic E-state index is -0.00567. The van der Waals surface area contributed by atoms with Crippen LogP contribution in [0, 0.1) is 0 Å². The van der Waals surface area contributed by atoms with Crippen molar-refractivity contribution in [3.05, 3.63) is 72.1 Å². The monoisotopic (exact) mass is 321 g/mol. The molecule has 1 heterocycles. The first-order valence-electron chi connectivity index (χ1n) is 7.72. The number of ether oxygens (including phenoxy) is 1. The van der Waals surface area contributed by atoms with Crippen LogP contribution < -0.4 is 10.1 Å². The van der Waals surface area contributed by atoms with Gasteiger partial charge in [0.15, 0.2) is 0 Å². The Kier molecular flexibility index (Phi) is 4.91. The van der Waals surface area contributed by atoms with Gasteiger partial charge in [-0.25, -0.2) is 0 Å². The second-order valence-electron chi connectivity index (χ2n) is 5.49. The number of rotatable bonds is 6.